The first-order chi connectivity index (χ1) is 7.65. The number of H-pyrrole nitrogens is 1. The molecule has 6 nitrogen and oxygen atoms in total. The summed E-state index contributed by atoms with van der Waals surface area (Å²) in [6.07, 6.45) is 1.59. The number of carboxylic acids is 1. The third-order valence-corrected chi connectivity index (χ3v) is 3.00. The second-order valence-corrected chi connectivity index (χ2v) is 4.37. The fourth-order valence-corrected chi connectivity index (χ4v) is 2.13. The molecule has 90 valence electrons. The predicted molar refractivity (Wildman–Crippen MR) is 60.7 cm³/mol. The van der Waals surface area contributed by atoms with E-state index in [9.17, 15) is 9.59 Å². The lowest BCUT2D eigenvalue weighted by Crippen LogP contribution is -2.17. The Hall–Kier alpha value is -1.24. The van der Waals surface area contributed by atoms with Crippen molar-refractivity contribution in [2.45, 2.75) is 37.9 Å². The first-order valence-corrected chi connectivity index (χ1v) is 6.13. The van der Waals surface area contributed by atoms with Gasteiger partial charge in [-0.25, -0.2) is 9.89 Å². The topological polar surface area (TPSA) is 88.0 Å². The molecule has 0 radical (unpaired) electrons. The van der Waals surface area contributed by atoms with Crippen molar-refractivity contribution in [3.8, 4) is 0 Å². The number of nitrogens with one attached hydrogen (secondary N) is 1. The van der Waals surface area contributed by atoms with Crippen LogP contribution in [0, 0.1) is 0 Å². The Morgan fingerprint density at radius 3 is 3.00 bits per heavy atom. The highest BCUT2D eigenvalue weighted by molar-refractivity contribution is 7.99. The van der Waals surface area contributed by atoms with Crippen LogP contribution in [0.2, 0.25) is 0 Å². The van der Waals surface area contributed by atoms with Gasteiger partial charge >= 0.3 is 11.7 Å². The average Bonchev–Trinajstić information content (AvgIpc) is 2.56. The lowest BCUT2D eigenvalue weighted by molar-refractivity contribution is -0.137. The van der Waals surface area contributed by atoms with Crippen molar-refractivity contribution < 1.29 is 9.90 Å². The van der Waals surface area contributed by atoms with Gasteiger partial charge in [-0.05, 0) is 12.8 Å². The zero-order chi connectivity index (χ0) is 12.0. The van der Waals surface area contributed by atoms with Gasteiger partial charge in [-0.15, -0.1) is 5.10 Å². The molecule has 0 saturated heterocycles. The third-order valence-electron chi connectivity index (χ3n) is 1.94. The maximum absolute atomic E-state index is 11.3. The molecular weight excluding hydrogens is 230 g/mol. The Bertz CT molecular complexity index is 399. The molecule has 0 amide bonds. The second-order valence-electron chi connectivity index (χ2n) is 3.31. The van der Waals surface area contributed by atoms with Gasteiger partial charge in [0.2, 0.25) is 0 Å². The smallest absolute Gasteiger partial charge is 0.343 e. The Balaban J connectivity index is 2.47. The normalized spacial score (nSPS) is 10.6. The number of aliphatic carboxylic acids is 1. The van der Waals surface area contributed by atoms with Gasteiger partial charge in [-0.3, -0.25) is 9.36 Å². The van der Waals surface area contributed by atoms with Crippen LogP contribution in [0.1, 0.15) is 26.2 Å². The van der Waals surface area contributed by atoms with E-state index in [1.165, 1.54) is 11.8 Å². The summed E-state index contributed by atoms with van der Waals surface area (Å²) in [5, 5.41) is 15.4. The highest BCUT2D eigenvalue weighted by Gasteiger charge is 2.07. The summed E-state index contributed by atoms with van der Waals surface area (Å²) in [7, 11) is 0. The van der Waals surface area contributed by atoms with Crippen LogP contribution < -0.4 is 5.69 Å². The minimum atomic E-state index is -0.798. The molecule has 1 heterocycles. The number of thioether (sulfide) groups is 1. The van der Waals surface area contributed by atoms with Crippen LogP contribution >= 0.6 is 11.8 Å². The van der Waals surface area contributed by atoms with Gasteiger partial charge in [0.1, 0.15) is 0 Å². The van der Waals surface area contributed by atoms with Crippen molar-refractivity contribution in [3.63, 3.8) is 0 Å². The molecule has 16 heavy (non-hydrogen) atoms. The number of carboxylic acid groups (broad SMARTS) is 1. The van der Waals surface area contributed by atoms with Crippen molar-refractivity contribution in [1.82, 2.24) is 14.8 Å². The van der Waals surface area contributed by atoms with Gasteiger partial charge in [-0.2, -0.15) is 0 Å². The van der Waals surface area contributed by atoms with E-state index in [1.54, 1.807) is 4.57 Å². The largest absolute Gasteiger partial charge is 0.481 e. The lowest BCUT2D eigenvalue weighted by Gasteiger charge is -2.02. The van der Waals surface area contributed by atoms with Crippen molar-refractivity contribution >= 4 is 17.7 Å². The molecule has 0 unspecified atom stereocenters. The first kappa shape index (κ1) is 12.8. The fourth-order valence-electron chi connectivity index (χ4n) is 1.22. The average molecular weight is 245 g/mol. The van der Waals surface area contributed by atoms with Crippen molar-refractivity contribution in [3.05, 3.63) is 10.5 Å². The number of hydrogen-bond acceptors (Lipinski definition) is 4. The van der Waals surface area contributed by atoms with Gasteiger partial charge in [0, 0.05) is 18.7 Å². The molecule has 0 aliphatic heterocycles. The maximum atomic E-state index is 11.3. The predicted octanol–water partition coefficient (Wildman–Crippen LogP) is 0.938. The van der Waals surface area contributed by atoms with Crippen LogP contribution in [0.15, 0.2) is 9.95 Å². The monoisotopic (exact) mass is 245 g/mol. The van der Waals surface area contributed by atoms with Crippen LogP contribution in [0.3, 0.4) is 0 Å². The molecule has 0 spiro atoms. The zero-order valence-electron chi connectivity index (χ0n) is 9.10. The highest BCUT2D eigenvalue weighted by Crippen LogP contribution is 2.15. The molecule has 0 atom stereocenters. The number of nitrogens with zero attached hydrogens (tertiary/aromatic N) is 2. The molecule has 0 fully saturated rings. The van der Waals surface area contributed by atoms with E-state index in [2.05, 4.69) is 10.2 Å². The summed E-state index contributed by atoms with van der Waals surface area (Å²) >= 11 is 1.41. The summed E-state index contributed by atoms with van der Waals surface area (Å²) in [4.78, 5) is 21.6. The van der Waals surface area contributed by atoms with E-state index in [0.29, 0.717) is 23.9 Å². The van der Waals surface area contributed by atoms with E-state index >= 15 is 0 Å². The number of carbonyl (C=O) groups is 1. The van der Waals surface area contributed by atoms with E-state index in [0.717, 1.165) is 6.42 Å². The quantitative estimate of drug-likeness (QED) is 0.551. The summed E-state index contributed by atoms with van der Waals surface area (Å²) in [6.45, 7) is 2.62. The Morgan fingerprint density at radius 2 is 2.38 bits per heavy atom. The van der Waals surface area contributed by atoms with E-state index in [4.69, 9.17) is 5.11 Å². The van der Waals surface area contributed by atoms with Crippen LogP contribution in [0.4, 0.5) is 0 Å². The van der Waals surface area contributed by atoms with Gasteiger partial charge in [-0.1, -0.05) is 18.7 Å². The van der Waals surface area contributed by atoms with Crippen LogP contribution in [-0.2, 0) is 11.3 Å². The Morgan fingerprint density at radius 1 is 1.62 bits per heavy atom. The standard InChI is InChI=1S/C9H15N3O3S/c1-2-5-12-8(15)10-11-9(12)16-6-3-4-7(13)14/h2-6H2,1H3,(H,10,15)(H,13,14). The van der Waals surface area contributed by atoms with E-state index < -0.39 is 5.97 Å². The second kappa shape index (κ2) is 6.37. The van der Waals surface area contributed by atoms with Gasteiger partial charge < -0.3 is 5.11 Å². The molecule has 1 aromatic rings. The molecular formula is C9H15N3O3S. The van der Waals surface area contributed by atoms with Crippen LogP contribution in [-0.4, -0.2) is 31.6 Å². The van der Waals surface area contributed by atoms with Gasteiger partial charge in [0.15, 0.2) is 5.16 Å². The molecule has 1 rings (SSSR count). The molecule has 0 aromatic carbocycles. The fraction of sp³-hybridized carbons (Fsp3) is 0.667. The zero-order valence-corrected chi connectivity index (χ0v) is 9.92. The van der Waals surface area contributed by atoms with Crippen molar-refractivity contribution in [2.24, 2.45) is 0 Å². The van der Waals surface area contributed by atoms with Crippen molar-refractivity contribution in [1.29, 1.82) is 0 Å². The first-order valence-electron chi connectivity index (χ1n) is 5.15. The molecule has 0 bridgehead atoms. The number of hydrogen-bond donors (Lipinski definition) is 2. The number of rotatable bonds is 7. The van der Waals surface area contributed by atoms with Crippen molar-refractivity contribution in [2.75, 3.05) is 5.75 Å². The SMILES string of the molecule is CCCn1c(SCCCC(=O)O)n[nH]c1=O. The minimum absolute atomic E-state index is 0.148. The lowest BCUT2D eigenvalue weighted by atomic mass is 10.3. The molecule has 1 aromatic heterocycles. The maximum Gasteiger partial charge on any atom is 0.343 e. The van der Waals surface area contributed by atoms with Gasteiger partial charge in [0.05, 0.1) is 0 Å². The van der Waals surface area contributed by atoms with Gasteiger partial charge in [0.25, 0.3) is 0 Å². The minimum Gasteiger partial charge on any atom is -0.481 e. The van der Waals surface area contributed by atoms with Crippen LogP contribution in [0.25, 0.3) is 0 Å². The third kappa shape index (κ3) is 3.73. The molecule has 0 aliphatic carbocycles. The summed E-state index contributed by atoms with van der Waals surface area (Å²) in [5.74, 6) is -0.145. The number of aromatic amines is 1. The number of aromatic nitrogens is 3. The molecule has 2 N–H and O–H groups in total. The summed E-state index contributed by atoms with van der Waals surface area (Å²) in [6, 6.07) is 0. The van der Waals surface area contributed by atoms with Crippen LogP contribution in [0.5, 0.6) is 0 Å². The Labute approximate surface area is 97.1 Å². The molecule has 0 aliphatic rings. The van der Waals surface area contributed by atoms with E-state index in [-0.39, 0.29) is 12.1 Å². The summed E-state index contributed by atoms with van der Waals surface area (Å²) < 4.78 is 1.57. The summed E-state index contributed by atoms with van der Waals surface area (Å²) in [5.41, 5.74) is -0.206. The van der Waals surface area contributed by atoms with E-state index in [1.807, 2.05) is 6.92 Å². The Kier molecular flexibility index (Phi) is 5.10. The molecule has 7 heteroatoms. The highest BCUT2D eigenvalue weighted by atomic mass is 32.2. The molecule has 0 saturated carbocycles.